The van der Waals surface area contributed by atoms with E-state index < -0.39 is 0 Å². The van der Waals surface area contributed by atoms with Gasteiger partial charge in [-0.05, 0) is 51.3 Å². The van der Waals surface area contributed by atoms with Gasteiger partial charge in [-0.1, -0.05) is 19.4 Å². The van der Waals surface area contributed by atoms with Gasteiger partial charge in [0.1, 0.15) is 0 Å². The normalized spacial score (nSPS) is 27.1. The minimum absolute atomic E-state index is 0.187. The molecule has 2 unspecified atom stereocenters. The van der Waals surface area contributed by atoms with E-state index in [1.54, 1.807) is 0 Å². The molecule has 2 atom stereocenters. The first-order valence-electron chi connectivity index (χ1n) is 7.43. The zero-order valence-electron chi connectivity index (χ0n) is 12.5. The lowest BCUT2D eigenvalue weighted by molar-refractivity contribution is 0.117. The van der Waals surface area contributed by atoms with Crippen LogP contribution in [0.5, 0.6) is 0 Å². The molecule has 1 aliphatic carbocycles. The highest BCUT2D eigenvalue weighted by atomic mass is 15.2. The first kappa shape index (κ1) is 14.5. The van der Waals surface area contributed by atoms with Gasteiger partial charge in [0, 0.05) is 24.3 Å². The maximum absolute atomic E-state index is 6.11. The molecule has 0 amide bonds. The third-order valence-corrected chi connectivity index (χ3v) is 4.80. The van der Waals surface area contributed by atoms with Crippen LogP contribution in [0.4, 0.5) is 0 Å². The number of rotatable bonds is 5. The van der Waals surface area contributed by atoms with Crippen LogP contribution in [-0.2, 0) is 6.54 Å². The topological polar surface area (TPSA) is 42.1 Å². The number of nitrogens with two attached hydrogens (primary N) is 1. The molecule has 3 heteroatoms. The molecule has 0 aromatic carbocycles. The third kappa shape index (κ3) is 3.15. The van der Waals surface area contributed by atoms with E-state index in [2.05, 4.69) is 36.0 Å². The summed E-state index contributed by atoms with van der Waals surface area (Å²) in [5, 5.41) is 0. The highest BCUT2D eigenvalue weighted by Gasteiger charge is 2.40. The lowest BCUT2D eigenvalue weighted by atomic mass is 9.93. The number of likely N-dealkylation sites (N-methyl/N-ethyl adjacent to an activating group) is 1. The Labute approximate surface area is 117 Å². The van der Waals surface area contributed by atoms with Gasteiger partial charge in [-0.2, -0.15) is 0 Å². The van der Waals surface area contributed by atoms with E-state index in [0.717, 1.165) is 30.4 Å². The average molecular weight is 261 g/mol. The van der Waals surface area contributed by atoms with E-state index in [-0.39, 0.29) is 5.54 Å². The highest BCUT2D eigenvalue weighted by Crippen LogP contribution is 2.39. The van der Waals surface area contributed by atoms with Crippen molar-refractivity contribution in [1.82, 2.24) is 9.88 Å². The number of nitrogens with zero attached hydrogens (tertiary/aromatic N) is 2. The number of aryl methyl sites for hydroxylation is 1. The van der Waals surface area contributed by atoms with Crippen molar-refractivity contribution in [3.05, 3.63) is 29.6 Å². The Bertz CT molecular complexity index is 418. The third-order valence-electron chi connectivity index (χ3n) is 4.80. The van der Waals surface area contributed by atoms with Crippen LogP contribution in [0, 0.1) is 12.8 Å². The second-order valence-electron chi connectivity index (χ2n) is 6.07. The van der Waals surface area contributed by atoms with Crippen LogP contribution in [0.3, 0.4) is 0 Å². The van der Waals surface area contributed by atoms with Gasteiger partial charge in [-0.3, -0.25) is 9.88 Å². The summed E-state index contributed by atoms with van der Waals surface area (Å²) in [4.78, 5) is 7.04. The van der Waals surface area contributed by atoms with Gasteiger partial charge < -0.3 is 5.73 Å². The number of hydrogen-bond donors (Lipinski definition) is 1. The van der Waals surface area contributed by atoms with Crippen LogP contribution < -0.4 is 5.73 Å². The van der Waals surface area contributed by atoms with Crippen LogP contribution in [0.1, 0.15) is 44.0 Å². The maximum Gasteiger partial charge on any atom is 0.0547 e. The van der Waals surface area contributed by atoms with Crippen molar-refractivity contribution in [3.63, 3.8) is 0 Å². The van der Waals surface area contributed by atoms with E-state index in [1.807, 2.05) is 13.0 Å². The van der Waals surface area contributed by atoms with Crippen molar-refractivity contribution in [2.75, 3.05) is 13.6 Å². The minimum Gasteiger partial charge on any atom is -0.329 e. The lowest BCUT2D eigenvalue weighted by Crippen LogP contribution is -2.50. The van der Waals surface area contributed by atoms with Gasteiger partial charge in [0.2, 0.25) is 0 Å². The zero-order chi connectivity index (χ0) is 13.9. The molecule has 106 valence electrons. The molecule has 1 saturated carbocycles. The Morgan fingerprint density at radius 1 is 1.47 bits per heavy atom. The molecule has 3 nitrogen and oxygen atoms in total. The summed E-state index contributed by atoms with van der Waals surface area (Å²) in [5.41, 5.74) is 8.53. The Kier molecular flexibility index (Phi) is 4.58. The molecule has 0 saturated heterocycles. The van der Waals surface area contributed by atoms with Gasteiger partial charge in [0.25, 0.3) is 0 Å². The monoisotopic (exact) mass is 261 g/mol. The first-order valence-corrected chi connectivity index (χ1v) is 7.43. The molecular formula is C16H27N3. The van der Waals surface area contributed by atoms with Crippen molar-refractivity contribution < 1.29 is 0 Å². The highest BCUT2D eigenvalue weighted by molar-refractivity contribution is 5.11. The molecule has 0 radical (unpaired) electrons. The predicted octanol–water partition coefficient (Wildman–Crippen LogP) is 2.73. The van der Waals surface area contributed by atoms with Crippen LogP contribution in [0.2, 0.25) is 0 Å². The molecule has 0 spiro atoms. The Morgan fingerprint density at radius 2 is 2.26 bits per heavy atom. The molecule has 1 aliphatic rings. The Balaban J connectivity index is 2.07. The molecular weight excluding hydrogens is 234 g/mol. The molecule has 19 heavy (non-hydrogen) atoms. The number of pyridine rings is 1. The van der Waals surface area contributed by atoms with Crippen LogP contribution in [0.25, 0.3) is 0 Å². The lowest BCUT2D eigenvalue weighted by Gasteiger charge is -2.38. The maximum atomic E-state index is 6.11. The summed E-state index contributed by atoms with van der Waals surface area (Å²) in [6.45, 7) is 5.99. The molecule has 0 bridgehead atoms. The van der Waals surface area contributed by atoms with Crippen molar-refractivity contribution in [2.45, 2.75) is 51.6 Å². The standard InChI is InChI=1S/C16H27N3/c1-4-14-8-9-16(10-14,12-17)19(3)11-15-7-5-6-13(2)18-15/h5-7,14H,4,8-12,17H2,1-3H3. The van der Waals surface area contributed by atoms with Crippen molar-refractivity contribution in [1.29, 1.82) is 0 Å². The van der Waals surface area contributed by atoms with Crippen LogP contribution in [-0.4, -0.2) is 29.0 Å². The second kappa shape index (κ2) is 6.02. The van der Waals surface area contributed by atoms with Gasteiger partial charge in [-0.25, -0.2) is 0 Å². The summed E-state index contributed by atoms with van der Waals surface area (Å²) >= 11 is 0. The van der Waals surface area contributed by atoms with Gasteiger partial charge >= 0.3 is 0 Å². The van der Waals surface area contributed by atoms with Crippen molar-refractivity contribution >= 4 is 0 Å². The molecule has 1 aromatic heterocycles. The summed E-state index contributed by atoms with van der Waals surface area (Å²) in [5.74, 6) is 0.844. The van der Waals surface area contributed by atoms with Crippen molar-refractivity contribution in [3.8, 4) is 0 Å². The second-order valence-corrected chi connectivity index (χ2v) is 6.07. The van der Waals surface area contributed by atoms with E-state index in [4.69, 9.17) is 5.73 Å². The Morgan fingerprint density at radius 3 is 2.84 bits per heavy atom. The summed E-state index contributed by atoms with van der Waals surface area (Å²) in [7, 11) is 2.20. The minimum atomic E-state index is 0.187. The number of aromatic nitrogens is 1. The average Bonchev–Trinajstić information content (AvgIpc) is 2.83. The predicted molar refractivity (Wildman–Crippen MR) is 79.9 cm³/mol. The van der Waals surface area contributed by atoms with E-state index in [9.17, 15) is 0 Å². The fourth-order valence-electron chi connectivity index (χ4n) is 3.35. The zero-order valence-corrected chi connectivity index (χ0v) is 12.5. The van der Waals surface area contributed by atoms with Crippen molar-refractivity contribution in [2.24, 2.45) is 11.7 Å². The Hall–Kier alpha value is -0.930. The fourth-order valence-corrected chi connectivity index (χ4v) is 3.35. The van der Waals surface area contributed by atoms with Crippen LogP contribution in [0.15, 0.2) is 18.2 Å². The summed E-state index contributed by atoms with van der Waals surface area (Å²) < 4.78 is 0. The largest absolute Gasteiger partial charge is 0.329 e. The van der Waals surface area contributed by atoms with Gasteiger partial charge in [-0.15, -0.1) is 0 Å². The molecule has 2 rings (SSSR count). The number of hydrogen-bond acceptors (Lipinski definition) is 3. The molecule has 1 aromatic rings. The van der Waals surface area contributed by atoms with Gasteiger partial charge in [0.15, 0.2) is 0 Å². The van der Waals surface area contributed by atoms with Gasteiger partial charge in [0.05, 0.1) is 5.69 Å². The molecule has 0 aliphatic heterocycles. The molecule has 2 N–H and O–H groups in total. The summed E-state index contributed by atoms with van der Waals surface area (Å²) in [6.07, 6.45) is 5.06. The fraction of sp³-hybridized carbons (Fsp3) is 0.688. The quantitative estimate of drug-likeness (QED) is 0.886. The van der Waals surface area contributed by atoms with Crippen LogP contribution >= 0.6 is 0 Å². The SMILES string of the molecule is CCC1CCC(CN)(N(C)Cc2cccc(C)n2)C1. The summed E-state index contributed by atoms with van der Waals surface area (Å²) in [6, 6.07) is 6.25. The first-order chi connectivity index (χ1) is 9.09. The molecule has 1 heterocycles. The van der Waals surface area contributed by atoms with E-state index in [0.29, 0.717) is 0 Å². The van der Waals surface area contributed by atoms with E-state index >= 15 is 0 Å². The smallest absolute Gasteiger partial charge is 0.0547 e. The molecule has 1 fully saturated rings. The van der Waals surface area contributed by atoms with E-state index in [1.165, 1.54) is 25.7 Å².